The molecule has 1 atom stereocenters. The molecule has 0 saturated carbocycles. The van der Waals surface area contributed by atoms with Crippen LogP contribution in [0.4, 0.5) is 0 Å². The van der Waals surface area contributed by atoms with Gasteiger partial charge in [0.2, 0.25) is 0 Å². The van der Waals surface area contributed by atoms with E-state index in [-0.39, 0.29) is 22.4 Å². The van der Waals surface area contributed by atoms with Gasteiger partial charge in [0.25, 0.3) is 0 Å². The number of carbonyl (C=O) groups is 1. The first-order valence-corrected chi connectivity index (χ1v) is 13.1. The molecule has 0 aromatic rings. The van der Waals surface area contributed by atoms with Gasteiger partial charge in [-0.05, 0) is 18.3 Å². The van der Waals surface area contributed by atoms with Crippen molar-refractivity contribution < 1.29 is 27.7 Å². The van der Waals surface area contributed by atoms with Crippen LogP contribution in [-0.4, -0.2) is 44.4 Å². The molecule has 0 fully saturated rings. The second-order valence-corrected chi connectivity index (χ2v) is 11.7. The largest absolute Gasteiger partial charge is 0.474 e. The second-order valence-electron chi connectivity index (χ2n) is 8.48. The summed E-state index contributed by atoms with van der Waals surface area (Å²) in [6.45, 7) is 9.72. The van der Waals surface area contributed by atoms with E-state index in [2.05, 4.69) is 27.7 Å². The fourth-order valence-electron chi connectivity index (χ4n) is 2.53. The number of rotatable bonds is 18. The summed E-state index contributed by atoms with van der Waals surface area (Å²) in [7, 11) is -1.01. The molecule has 0 saturated heterocycles. The lowest BCUT2D eigenvalue weighted by Gasteiger charge is -2.21. The van der Waals surface area contributed by atoms with Gasteiger partial charge in [0.1, 0.15) is 0 Å². The van der Waals surface area contributed by atoms with E-state index in [1.807, 2.05) is 0 Å². The third-order valence-corrected chi connectivity index (χ3v) is 6.88. The lowest BCUT2D eigenvalue weighted by molar-refractivity contribution is -0.111. The molecule has 0 unspecified atom stereocenters. The lowest BCUT2D eigenvalue weighted by atomic mass is 9.93. The van der Waals surface area contributed by atoms with Crippen LogP contribution in [0.5, 0.6) is 0 Å². The van der Waals surface area contributed by atoms with Crippen molar-refractivity contribution in [3.63, 3.8) is 0 Å². The molecule has 174 valence electrons. The molecule has 8 heteroatoms. The molecule has 0 spiro atoms. The van der Waals surface area contributed by atoms with Gasteiger partial charge in [-0.2, -0.15) is 0 Å². The van der Waals surface area contributed by atoms with Gasteiger partial charge in [0, 0.05) is 27.2 Å². The van der Waals surface area contributed by atoms with Gasteiger partial charge in [0.05, 0.1) is 18.5 Å². The van der Waals surface area contributed by atoms with Crippen molar-refractivity contribution in [3.05, 3.63) is 0 Å². The molecule has 0 rings (SSSR count). The maximum Gasteiger partial charge on any atom is 0.474 e. The molecular formula is C21H43O6PS. The lowest BCUT2D eigenvalue weighted by Crippen LogP contribution is -2.22. The predicted molar refractivity (Wildman–Crippen MR) is 121 cm³/mol. The molecule has 0 aromatic heterocycles. The van der Waals surface area contributed by atoms with Gasteiger partial charge in [-0.3, -0.25) is 18.4 Å². The summed E-state index contributed by atoms with van der Waals surface area (Å²) in [5.41, 5.74) is 0.188. The highest BCUT2D eigenvalue weighted by Gasteiger charge is 2.26. The van der Waals surface area contributed by atoms with Crippen molar-refractivity contribution in [3.8, 4) is 0 Å². The highest BCUT2D eigenvalue weighted by atomic mass is 32.2. The first-order chi connectivity index (χ1) is 13.7. The van der Waals surface area contributed by atoms with E-state index >= 15 is 0 Å². The van der Waals surface area contributed by atoms with Crippen molar-refractivity contribution in [2.45, 2.75) is 90.7 Å². The molecule has 0 heterocycles. The fourth-order valence-corrected chi connectivity index (χ4v) is 4.29. The first kappa shape index (κ1) is 29.1. The Morgan fingerprint density at radius 2 is 1.55 bits per heavy atom. The summed E-state index contributed by atoms with van der Waals surface area (Å²) in [4.78, 5) is 12.4. The quantitative estimate of drug-likeness (QED) is 0.170. The number of ether oxygens (including phenoxy) is 1. The van der Waals surface area contributed by atoms with Crippen molar-refractivity contribution in [1.29, 1.82) is 0 Å². The zero-order chi connectivity index (χ0) is 22.2. The number of unbranched alkanes of at least 4 members (excludes halogenated alkanes) is 6. The van der Waals surface area contributed by atoms with E-state index in [0.29, 0.717) is 19.6 Å². The monoisotopic (exact) mass is 454 g/mol. The molecule has 0 amide bonds. The average molecular weight is 455 g/mol. The Balaban J connectivity index is 4.36. The predicted octanol–water partition coefficient (Wildman–Crippen LogP) is 6.63. The van der Waals surface area contributed by atoms with Crippen LogP contribution >= 0.6 is 19.6 Å². The van der Waals surface area contributed by atoms with E-state index in [1.165, 1.54) is 58.1 Å². The zero-order valence-electron chi connectivity index (χ0n) is 19.4. The molecular weight excluding hydrogens is 411 g/mol. The summed E-state index contributed by atoms with van der Waals surface area (Å²) >= 11 is 1.22. The average Bonchev–Trinajstić information content (AvgIpc) is 2.67. The number of phosphoric ester groups is 1. The molecule has 0 radical (unpaired) electrons. The van der Waals surface area contributed by atoms with E-state index < -0.39 is 7.82 Å². The second kappa shape index (κ2) is 16.7. The molecule has 0 aliphatic rings. The van der Waals surface area contributed by atoms with E-state index in [9.17, 15) is 9.36 Å². The normalized spacial score (nSPS) is 13.6. The Kier molecular flexibility index (Phi) is 16.8. The van der Waals surface area contributed by atoms with Crippen LogP contribution in [0, 0.1) is 5.41 Å². The third kappa shape index (κ3) is 17.5. The van der Waals surface area contributed by atoms with Crippen LogP contribution in [0.1, 0.15) is 85.5 Å². The molecule has 0 aliphatic carbocycles. The Hall–Kier alpha value is 0.0900. The number of carbonyl (C=O) groups excluding carboxylic acids is 1. The Labute approximate surface area is 182 Å². The minimum absolute atomic E-state index is 0.0713. The van der Waals surface area contributed by atoms with Crippen molar-refractivity contribution in [1.82, 2.24) is 0 Å². The van der Waals surface area contributed by atoms with Crippen LogP contribution in [-0.2, 0) is 27.7 Å². The Morgan fingerprint density at radius 1 is 0.966 bits per heavy atom. The van der Waals surface area contributed by atoms with Gasteiger partial charge < -0.3 is 4.74 Å². The van der Waals surface area contributed by atoms with Gasteiger partial charge in [-0.15, -0.1) is 0 Å². The molecule has 6 nitrogen and oxygen atoms in total. The van der Waals surface area contributed by atoms with Crippen LogP contribution in [0.15, 0.2) is 0 Å². The smallest absolute Gasteiger partial charge is 0.380 e. The molecule has 0 aliphatic heterocycles. The topological polar surface area (TPSA) is 71.1 Å². The summed E-state index contributed by atoms with van der Waals surface area (Å²) in [5, 5.41) is -0.123. The fraction of sp³-hybridized carbons (Fsp3) is 0.952. The van der Waals surface area contributed by atoms with Crippen LogP contribution in [0.2, 0.25) is 0 Å². The molecule has 0 N–H and O–H groups in total. The first-order valence-electron chi connectivity index (χ1n) is 10.8. The number of phosphoric acid groups is 1. The van der Waals surface area contributed by atoms with E-state index in [0.717, 1.165) is 19.3 Å². The standard InChI is InChI=1S/C21H43O6PS/c1-7-8-9-10-11-12-13-14-20(22)29-19(17-26-16-15-21(2,3)4)18-27-28(23,24-5)25-6/h19H,7-18H2,1-6H3/t19-/m0/s1. The van der Waals surface area contributed by atoms with Crippen LogP contribution in [0.3, 0.4) is 0 Å². The van der Waals surface area contributed by atoms with Crippen LogP contribution in [0.25, 0.3) is 0 Å². The van der Waals surface area contributed by atoms with Crippen molar-refractivity contribution >= 4 is 24.7 Å². The zero-order valence-corrected chi connectivity index (χ0v) is 21.1. The Bertz CT molecular complexity index is 459. The van der Waals surface area contributed by atoms with Gasteiger partial charge in [0.15, 0.2) is 5.12 Å². The highest BCUT2D eigenvalue weighted by molar-refractivity contribution is 8.14. The maximum atomic E-state index is 12.4. The highest BCUT2D eigenvalue weighted by Crippen LogP contribution is 2.48. The number of thioether (sulfide) groups is 1. The molecule has 29 heavy (non-hydrogen) atoms. The summed E-state index contributed by atoms with van der Waals surface area (Å²) in [5.74, 6) is 0. The van der Waals surface area contributed by atoms with Crippen molar-refractivity contribution in [2.75, 3.05) is 34.0 Å². The third-order valence-electron chi connectivity index (χ3n) is 4.45. The summed E-state index contributed by atoms with van der Waals surface area (Å²) in [6, 6.07) is 0. The van der Waals surface area contributed by atoms with E-state index in [1.54, 1.807) is 0 Å². The van der Waals surface area contributed by atoms with Gasteiger partial charge >= 0.3 is 7.82 Å². The number of hydrogen-bond acceptors (Lipinski definition) is 7. The SMILES string of the molecule is CCCCCCCCCC(=O)S[C@@H](COCCC(C)(C)C)COP(=O)(OC)OC. The Morgan fingerprint density at radius 3 is 2.10 bits per heavy atom. The van der Waals surface area contributed by atoms with Crippen LogP contribution < -0.4 is 0 Å². The minimum atomic E-state index is -3.56. The molecule has 0 aromatic carbocycles. The van der Waals surface area contributed by atoms with E-state index in [4.69, 9.17) is 18.3 Å². The summed E-state index contributed by atoms with van der Waals surface area (Å²) < 4.78 is 32.8. The van der Waals surface area contributed by atoms with Crippen molar-refractivity contribution in [2.24, 2.45) is 5.41 Å². The van der Waals surface area contributed by atoms with Gasteiger partial charge in [-0.25, -0.2) is 4.57 Å². The maximum absolute atomic E-state index is 12.4. The minimum Gasteiger partial charge on any atom is -0.380 e. The number of hydrogen-bond donors (Lipinski definition) is 0. The summed E-state index contributed by atoms with van der Waals surface area (Å²) in [6.07, 6.45) is 9.71. The molecule has 0 bridgehead atoms. The van der Waals surface area contributed by atoms with Gasteiger partial charge in [-0.1, -0.05) is 78.0 Å².